The fourth-order valence-corrected chi connectivity index (χ4v) is 4.40. The minimum Gasteiger partial charge on any atom is -0.327 e. The van der Waals surface area contributed by atoms with Crippen molar-refractivity contribution in [2.75, 3.05) is 0 Å². The lowest BCUT2D eigenvalue weighted by Crippen LogP contribution is -2.40. The molecule has 0 heterocycles. The first-order chi connectivity index (χ1) is 8.63. The molecular weight excluding hydrogens is 242 g/mol. The number of hydrogen-bond acceptors (Lipinski definition) is 2. The Morgan fingerprint density at radius 2 is 1.33 bits per heavy atom. The predicted octanol–water partition coefficient (Wildman–Crippen LogP) is 3.75. The van der Waals surface area contributed by atoms with Crippen LogP contribution < -0.4 is 5.73 Å². The van der Waals surface area contributed by atoms with Gasteiger partial charge in [0.1, 0.15) is 0 Å². The molecule has 2 N–H and O–H groups in total. The van der Waals surface area contributed by atoms with Crippen molar-refractivity contribution in [3.05, 3.63) is 0 Å². The van der Waals surface area contributed by atoms with E-state index < -0.39 is 10.8 Å². The molecule has 0 bridgehead atoms. The predicted molar refractivity (Wildman–Crippen MR) is 81.2 cm³/mol. The van der Waals surface area contributed by atoms with E-state index >= 15 is 0 Å². The van der Waals surface area contributed by atoms with Crippen molar-refractivity contribution in [3.8, 4) is 0 Å². The van der Waals surface area contributed by atoms with Gasteiger partial charge in [-0.3, -0.25) is 4.21 Å². The third-order valence-corrected chi connectivity index (χ3v) is 6.13. The largest absolute Gasteiger partial charge is 0.327 e. The number of rotatable bonds is 2. The summed E-state index contributed by atoms with van der Waals surface area (Å²) in [6.07, 6.45) is 12.6. The topological polar surface area (TPSA) is 43.1 Å². The summed E-state index contributed by atoms with van der Waals surface area (Å²) in [5, 5.41) is 0.471. The summed E-state index contributed by atoms with van der Waals surface area (Å²) in [7, 11) is -0.755. The Labute approximate surface area is 116 Å². The maximum absolute atomic E-state index is 12.4. The molecule has 1 aliphatic carbocycles. The van der Waals surface area contributed by atoms with Crippen molar-refractivity contribution >= 4 is 10.8 Å². The highest BCUT2D eigenvalue weighted by atomic mass is 32.2. The van der Waals surface area contributed by atoms with Crippen molar-refractivity contribution in [1.82, 2.24) is 0 Å². The fourth-order valence-electron chi connectivity index (χ4n) is 2.82. The van der Waals surface area contributed by atoms with Crippen molar-refractivity contribution in [2.45, 2.75) is 94.6 Å². The molecule has 1 fully saturated rings. The maximum Gasteiger partial charge on any atom is 0.0501 e. The van der Waals surface area contributed by atoms with E-state index in [2.05, 4.69) is 13.8 Å². The van der Waals surface area contributed by atoms with Crippen LogP contribution in [-0.4, -0.2) is 20.8 Å². The first-order valence-electron chi connectivity index (χ1n) is 7.78. The first-order valence-corrected chi connectivity index (χ1v) is 9.05. The third kappa shape index (κ3) is 5.83. The van der Waals surface area contributed by atoms with E-state index in [1.54, 1.807) is 0 Å². The van der Waals surface area contributed by atoms with E-state index in [0.29, 0.717) is 0 Å². The first kappa shape index (κ1) is 16.2. The lowest BCUT2D eigenvalue weighted by Gasteiger charge is -2.25. The quantitative estimate of drug-likeness (QED) is 0.832. The van der Waals surface area contributed by atoms with Gasteiger partial charge < -0.3 is 5.73 Å². The third-order valence-electron chi connectivity index (χ3n) is 4.02. The van der Waals surface area contributed by atoms with Gasteiger partial charge in [-0.05, 0) is 12.8 Å². The fraction of sp³-hybridized carbons (Fsp3) is 1.00. The second-order valence-electron chi connectivity index (χ2n) is 5.99. The van der Waals surface area contributed by atoms with Crippen LogP contribution in [0.5, 0.6) is 0 Å². The Balaban J connectivity index is 2.54. The van der Waals surface area contributed by atoms with Gasteiger partial charge in [-0.15, -0.1) is 0 Å². The Morgan fingerprint density at radius 1 is 0.889 bits per heavy atom. The van der Waals surface area contributed by atoms with Gasteiger partial charge in [-0.25, -0.2) is 0 Å². The molecule has 3 atom stereocenters. The minimum absolute atomic E-state index is 0.146. The summed E-state index contributed by atoms with van der Waals surface area (Å²) in [6.45, 7) is 4.11. The molecule has 0 aliphatic heterocycles. The molecule has 0 spiro atoms. The molecular formula is C15H31NOS. The summed E-state index contributed by atoms with van der Waals surface area (Å²) < 4.78 is 12.4. The van der Waals surface area contributed by atoms with Crippen LogP contribution >= 0.6 is 0 Å². The van der Waals surface area contributed by atoms with Crippen molar-refractivity contribution in [1.29, 1.82) is 0 Å². The maximum atomic E-state index is 12.4. The Morgan fingerprint density at radius 3 is 1.83 bits per heavy atom. The lowest BCUT2D eigenvalue weighted by atomic mass is 9.98. The van der Waals surface area contributed by atoms with Crippen LogP contribution in [0, 0.1) is 0 Å². The molecule has 0 saturated heterocycles. The zero-order chi connectivity index (χ0) is 13.4. The average molecular weight is 273 g/mol. The molecule has 0 amide bonds. The van der Waals surface area contributed by atoms with Crippen LogP contribution in [-0.2, 0) is 10.8 Å². The zero-order valence-electron chi connectivity index (χ0n) is 12.2. The molecule has 1 aliphatic rings. The second kappa shape index (κ2) is 9.08. The minimum atomic E-state index is -0.755. The van der Waals surface area contributed by atoms with E-state index in [-0.39, 0.29) is 16.5 Å². The average Bonchev–Trinajstić information content (AvgIpc) is 2.33. The normalized spacial score (nSPS) is 30.4. The van der Waals surface area contributed by atoms with E-state index in [1.165, 1.54) is 51.4 Å². The molecule has 0 aromatic heterocycles. The van der Waals surface area contributed by atoms with Crippen LogP contribution in [0.1, 0.15) is 78.1 Å². The Hall–Kier alpha value is 0.110. The highest BCUT2D eigenvalue weighted by molar-refractivity contribution is 7.86. The van der Waals surface area contributed by atoms with Gasteiger partial charge in [0.25, 0.3) is 0 Å². The van der Waals surface area contributed by atoms with E-state index in [9.17, 15) is 4.21 Å². The van der Waals surface area contributed by atoms with Crippen molar-refractivity contribution in [2.24, 2.45) is 5.73 Å². The van der Waals surface area contributed by atoms with Crippen LogP contribution in [0.4, 0.5) is 0 Å². The highest BCUT2D eigenvalue weighted by Gasteiger charge is 2.25. The number of hydrogen-bond donors (Lipinski definition) is 1. The lowest BCUT2D eigenvalue weighted by molar-refractivity contribution is 0.466. The van der Waals surface area contributed by atoms with Gasteiger partial charge >= 0.3 is 0 Å². The molecule has 1 saturated carbocycles. The molecule has 0 aromatic carbocycles. The summed E-state index contributed by atoms with van der Waals surface area (Å²) >= 11 is 0. The van der Waals surface area contributed by atoms with Crippen LogP contribution in [0.3, 0.4) is 0 Å². The molecule has 2 nitrogen and oxygen atoms in total. The molecule has 3 heteroatoms. The zero-order valence-corrected chi connectivity index (χ0v) is 13.0. The summed E-state index contributed by atoms with van der Waals surface area (Å²) in [5.74, 6) is 0. The van der Waals surface area contributed by atoms with E-state index in [4.69, 9.17) is 5.73 Å². The molecule has 0 aromatic rings. The monoisotopic (exact) mass is 273 g/mol. The standard InChI is InChI=1S/C15H31NOS/c1-13(2)18(17)15-12-10-8-6-4-3-5-7-9-11-14(15)16/h13-15H,3-12,16H2,1-2H3. The van der Waals surface area contributed by atoms with Gasteiger partial charge in [-0.2, -0.15) is 0 Å². The Bertz CT molecular complexity index is 243. The van der Waals surface area contributed by atoms with E-state index in [0.717, 1.165) is 12.8 Å². The summed E-state index contributed by atoms with van der Waals surface area (Å²) in [6, 6.07) is 0.146. The number of nitrogens with two attached hydrogens (primary N) is 1. The molecule has 18 heavy (non-hydrogen) atoms. The van der Waals surface area contributed by atoms with Gasteiger partial charge in [-0.1, -0.05) is 65.2 Å². The highest BCUT2D eigenvalue weighted by Crippen LogP contribution is 2.21. The summed E-state index contributed by atoms with van der Waals surface area (Å²) in [4.78, 5) is 0. The molecule has 108 valence electrons. The van der Waals surface area contributed by atoms with E-state index in [1.807, 2.05) is 0 Å². The molecule has 0 radical (unpaired) electrons. The molecule has 1 rings (SSSR count). The van der Waals surface area contributed by atoms with Crippen LogP contribution in [0.25, 0.3) is 0 Å². The van der Waals surface area contributed by atoms with Gasteiger partial charge in [0, 0.05) is 22.1 Å². The van der Waals surface area contributed by atoms with Crippen LogP contribution in [0.15, 0.2) is 0 Å². The van der Waals surface area contributed by atoms with Gasteiger partial charge in [0.2, 0.25) is 0 Å². The Kier molecular flexibility index (Phi) is 8.16. The van der Waals surface area contributed by atoms with Gasteiger partial charge in [0.15, 0.2) is 0 Å². The SMILES string of the molecule is CC(C)S(=O)C1CCCCCCCCCCC1N. The second-order valence-corrected chi connectivity index (χ2v) is 8.19. The van der Waals surface area contributed by atoms with Crippen LogP contribution in [0.2, 0.25) is 0 Å². The van der Waals surface area contributed by atoms with Crippen molar-refractivity contribution in [3.63, 3.8) is 0 Å². The van der Waals surface area contributed by atoms with Crippen molar-refractivity contribution < 1.29 is 4.21 Å². The molecule has 3 unspecified atom stereocenters. The van der Waals surface area contributed by atoms with Gasteiger partial charge in [0.05, 0.1) is 5.25 Å². The summed E-state index contributed by atoms with van der Waals surface area (Å²) in [5.41, 5.74) is 6.30. The smallest absolute Gasteiger partial charge is 0.0501 e.